The van der Waals surface area contributed by atoms with Crippen molar-refractivity contribution in [3.05, 3.63) is 11.9 Å². The predicted molar refractivity (Wildman–Crippen MR) is 121 cm³/mol. The Morgan fingerprint density at radius 3 is 2.97 bits per heavy atom. The maximum atomic E-state index is 15.0. The van der Waals surface area contributed by atoms with Crippen molar-refractivity contribution >= 4 is 11.7 Å². The van der Waals surface area contributed by atoms with E-state index in [2.05, 4.69) is 35.7 Å². The van der Waals surface area contributed by atoms with Gasteiger partial charge in [-0.2, -0.15) is 0 Å². The van der Waals surface area contributed by atoms with Crippen LogP contribution in [0, 0.1) is 11.8 Å². The van der Waals surface area contributed by atoms with E-state index >= 15 is 0 Å². The summed E-state index contributed by atoms with van der Waals surface area (Å²) in [6, 6.07) is 1.32. The number of nitrogens with zero attached hydrogens (tertiary/aromatic N) is 4. The summed E-state index contributed by atoms with van der Waals surface area (Å²) in [6.07, 6.45) is 4.91. The van der Waals surface area contributed by atoms with E-state index < -0.39 is 6.17 Å². The standard InChI is InChI=1S/C23H34FN7O2/c24-17-1-2-18-21-20(17)14(12-31(21)8-5-25-18)11-30-6-3-15(4-7-30)26-9-16-10-27-23-22(28-16)29-19(32)13-33-23/h10,14-15,17-18,20-21,25-26H,1-9,11-13H2,(H,28,29,32)/t14-,17?,18?,20?,21?/m1/s1. The van der Waals surface area contributed by atoms with Gasteiger partial charge in [-0.15, -0.1) is 0 Å². The minimum atomic E-state index is -0.645. The third kappa shape index (κ3) is 4.34. The average Bonchev–Trinajstić information content (AvgIpc) is 3.20. The Morgan fingerprint density at radius 1 is 1.21 bits per heavy atom. The van der Waals surface area contributed by atoms with Gasteiger partial charge >= 0.3 is 0 Å². The van der Waals surface area contributed by atoms with Gasteiger partial charge in [0.1, 0.15) is 6.17 Å². The zero-order chi connectivity index (χ0) is 22.4. The summed E-state index contributed by atoms with van der Waals surface area (Å²) < 4.78 is 20.2. The number of amides is 1. The van der Waals surface area contributed by atoms with Crippen LogP contribution in [0.25, 0.3) is 0 Å². The summed E-state index contributed by atoms with van der Waals surface area (Å²) >= 11 is 0. The molecule has 5 heterocycles. The number of anilines is 1. The van der Waals surface area contributed by atoms with Crippen molar-refractivity contribution in [2.24, 2.45) is 11.8 Å². The van der Waals surface area contributed by atoms with E-state index in [4.69, 9.17) is 4.74 Å². The fourth-order valence-corrected chi connectivity index (χ4v) is 6.73. The highest BCUT2D eigenvalue weighted by Crippen LogP contribution is 2.43. The molecule has 9 nitrogen and oxygen atoms in total. The van der Waals surface area contributed by atoms with Crippen LogP contribution in [0.5, 0.6) is 5.88 Å². The molecule has 0 spiro atoms. The lowest BCUT2D eigenvalue weighted by Gasteiger charge is -2.45. The maximum absolute atomic E-state index is 15.0. The van der Waals surface area contributed by atoms with Crippen LogP contribution in [0.15, 0.2) is 6.20 Å². The van der Waals surface area contributed by atoms with Gasteiger partial charge in [-0.1, -0.05) is 0 Å². The molecule has 0 aromatic carbocycles. The number of aromatic nitrogens is 2. The second-order valence-electron chi connectivity index (χ2n) is 10.3. The molecule has 3 N–H and O–H groups in total. The highest BCUT2D eigenvalue weighted by Gasteiger charge is 2.52. The minimum absolute atomic E-state index is 0.0123. The fraction of sp³-hybridized carbons (Fsp3) is 0.783. The van der Waals surface area contributed by atoms with Crippen LogP contribution in [0.2, 0.25) is 0 Å². The van der Waals surface area contributed by atoms with E-state index in [0.29, 0.717) is 42.3 Å². The summed E-state index contributed by atoms with van der Waals surface area (Å²) in [5.41, 5.74) is 0.791. The van der Waals surface area contributed by atoms with Crippen LogP contribution < -0.4 is 20.7 Å². The zero-order valence-corrected chi connectivity index (χ0v) is 19.0. The molecule has 1 saturated carbocycles. The summed E-state index contributed by atoms with van der Waals surface area (Å²) in [5, 5.41) is 9.95. The lowest BCUT2D eigenvalue weighted by atomic mass is 9.75. The van der Waals surface area contributed by atoms with E-state index in [0.717, 1.165) is 70.6 Å². The minimum Gasteiger partial charge on any atom is -0.465 e. The van der Waals surface area contributed by atoms with Gasteiger partial charge in [0.15, 0.2) is 12.4 Å². The third-order valence-electron chi connectivity index (χ3n) is 8.26. The summed E-state index contributed by atoms with van der Waals surface area (Å²) in [5.74, 6) is 1.22. The van der Waals surface area contributed by atoms with Crippen molar-refractivity contribution in [2.75, 3.05) is 51.2 Å². The molecule has 180 valence electrons. The second-order valence-corrected chi connectivity index (χ2v) is 10.3. The monoisotopic (exact) mass is 459 g/mol. The van der Waals surface area contributed by atoms with Crippen molar-refractivity contribution < 1.29 is 13.9 Å². The maximum Gasteiger partial charge on any atom is 0.263 e. The van der Waals surface area contributed by atoms with Crippen LogP contribution in [0.3, 0.4) is 0 Å². The van der Waals surface area contributed by atoms with Gasteiger partial charge in [0, 0.05) is 56.8 Å². The van der Waals surface area contributed by atoms with E-state index in [-0.39, 0.29) is 18.4 Å². The second kappa shape index (κ2) is 9.05. The number of likely N-dealkylation sites (tertiary alicyclic amines) is 1. The quantitative estimate of drug-likeness (QED) is 0.582. The van der Waals surface area contributed by atoms with Crippen molar-refractivity contribution in [1.82, 2.24) is 30.4 Å². The number of fused-ring (bicyclic) bond motifs is 1. The predicted octanol–water partition coefficient (Wildman–Crippen LogP) is 0.382. The molecule has 0 bridgehead atoms. The smallest absolute Gasteiger partial charge is 0.263 e. The Balaban J connectivity index is 0.996. The molecule has 3 saturated heterocycles. The number of carbonyl (C=O) groups is 1. The number of nitrogens with one attached hydrogen (secondary N) is 3. The van der Waals surface area contributed by atoms with Gasteiger partial charge in [0.2, 0.25) is 0 Å². The molecule has 1 aromatic rings. The van der Waals surface area contributed by atoms with Crippen LogP contribution in [0.4, 0.5) is 10.2 Å². The van der Waals surface area contributed by atoms with Gasteiger partial charge in [-0.3, -0.25) is 9.69 Å². The van der Waals surface area contributed by atoms with Crippen molar-refractivity contribution in [3.8, 4) is 5.88 Å². The number of rotatable bonds is 5. The molecule has 4 unspecified atom stereocenters. The Morgan fingerprint density at radius 2 is 2.09 bits per heavy atom. The van der Waals surface area contributed by atoms with Crippen LogP contribution in [-0.4, -0.2) is 95.8 Å². The van der Waals surface area contributed by atoms with Crippen molar-refractivity contribution in [1.29, 1.82) is 0 Å². The van der Waals surface area contributed by atoms with E-state index in [1.54, 1.807) is 6.20 Å². The van der Waals surface area contributed by atoms with E-state index in [1.165, 1.54) is 0 Å². The molecule has 1 aromatic heterocycles. The van der Waals surface area contributed by atoms with Crippen molar-refractivity contribution in [3.63, 3.8) is 0 Å². The molecule has 6 rings (SSSR count). The zero-order valence-electron chi connectivity index (χ0n) is 19.0. The van der Waals surface area contributed by atoms with Crippen LogP contribution in [-0.2, 0) is 11.3 Å². The molecule has 1 aliphatic carbocycles. The van der Waals surface area contributed by atoms with Crippen LogP contribution in [0.1, 0.15) is 31.4 Å². The number of hydrogen-bond acceptors (Lipinski definition) is 8. The molecule has 33 heavy (non-hydrogen) atoms. The van der Waals surface area contributed by atoms with E-state index in [9.17, 15) is 9.18 Å². The Labute approximate surface area is 193 Å². The number of carbonyl (C=O) groups excluding carboxylic acids is 1. The number of hydrogen-bond donors (Lipinski definition) is 3. The molecule has 4 fully saturated rings. The first-order valence-corrected chi connectivity index (χ1v) is 12.5. The molecule has 10 heteroatoms. The summed E-state index contributed by atoms with van der Waals surface area (Å²) in [7, 11) is 0. The fourth-order valence-electron chi connectivity index (χ4n) is 6.73. The highest BCUT2D eigenvalue weighted by molar-refractivity contribution is 5.93. The van der Waals surface area contributed by atoms with Gasteiger partial charge in [-0.25, -0.2) is 14.4 Å². The Hall–Kier alpha value is -1.88. The molecule has 4 aliphatic heterocycles. The number of piperidine rings is 1. The molecule has 0 radical (unpaired) electrons. The van der Waals surface area contributed by atoms with Gasteiger partial charge in [0.25, 0.3) is 11.8 Å². The van der Waals surface area contributed by atoms with Gasteiger partial charge in [-0.05, 0) is 44.7 Å². The van der Waals surface area contributed by atoms with Crippen LogP contribution >= 0.6 is 0 Å². The molecular weight excluding hydrogens is 425 g/mol. The largest absolute Gasteiger partial charge is 0.465 e. The first kappa shape index (κ1) is 21.6. The number of piperazine rings is 1. The SMILES string of the molecule is O=C1COc2ncc(CNC3CCN(C[C@@H]4CN5CCNC6CCC(F)C4C65)CC3)nc2N1. The van der Waals surface area contributed by atoms with Crippen molar-refractivity contribution in [2.45, 2.75) is 56.5 Å². The number of alkyl halides is 1. The topological polar surface area (TPSA) is 94.7 Å². The Kier molecular flexibility index (Phi) is 5.94. The summed E-state index contributed by atoms with van der Waals surface area (Å²) in [4.78, 5) is 25.3. The lowest BCUT2D eigenvalue weighted by Crippen LogP contribution is -2.60. The average molecular weight is 460 g/mol. The molecule has 5 atom stereocenters. The van der Waals surface area contributed by atoms with E-state index in [1.807, 2.05) is 0 Å². The Bertz CT molecular complexity index is 880. The third-order valence-corrected chi connectivity index (χ3v) is 8.26. The molecular formula is C23H34FN7O2. The lowest BCUT2D eigenvalue weighted by molar-refractivity contribution is -0.118. The molecule has 1 amide bonds. The highest BCUT2D eigenvalue weighted by atomic mass is 19.1. The van der Waals surface area contributed by atoms with Gasteiger partial charge in [0.05, 0.1) is 11.9 Å². The normalized spacial score (nSPS) is 34.9. The number of ether oxygens (including phenoxy) is 1. The number of halogens is 1. The first-order chi connectivity index (χ1) is 16.1. The van der Waals surface area contributed by atoms with Gasteiger partial charge < -0.3 is 25.6 Å². The summed E-state index contributed by atoms with van der Waals surface area (Å²) in [6.45, 7) is 6.88. The molecule has 5 aliphatic rings. The first-order valence-electron chi connectivity index (χ1n) is 12.5.